The van der Waals surface area contributed by atoms with Gasteiger partial charge in [0.2, 0.25) is 0 Å². The number of benzene rings is 1. The van der Waals surface area contributed by atoms with Crippen LogP contribution in [-0.2, 0) is 16.0 Å². The van der Waals surface area contributed by atoms with E-state index in [9.17, 15) is 14.7 Å². The maximum Gasteiger partial charge on any atom is 0.408 e. The molecule has 0 spiro atoms. The van der Waals surface area contributed by atoms with Gasteiger partial charge in [-0.2, -0.15) is 0 Å². The Balaban J connectivity index is 2.56. The molecule has 0 saturated heterocycles. The molecule has 1 rings (SSSR count). The number of alkyl carbamates (subject to hydrolysis) is 1. The molecular formula is C17H25NO5. The Hall–Kier alpha value is -2.24. The van der Waals surface area contributed by atoms with Crippen molar-refractivity contribution in [2.45, 2.75) is 52.2 Å². The zero-order valence-electron chi connectivity index (χ0n) is 14.1. The zero-order chi connectivity index (χ0) is 17.5. The number of rotatable bonds is 7. The van der Waals surface area contributed by atoms with Gasteiger partial charge >= 0.3 is 12.1 Å². The predicted molar refractivity (Wildman–Crippen MR) is 86.7 cm³/mol. The van der Waals surface area contributed by atoms with Gasteiger partial charge < -0.3 is 19.9 Å². The lowest BCUT2D eigenvalue weighted by atomic mass is 10.1. The molecule has 0 fully saturated rings. The third-order valence-electron chi connectivity index (χ3n) is 2.95. The lowest BCUT2D eigenvalue weighted by molar-refractivity contribution is -0.139. The minimum absolute atomic E-state index is 0.280. The van der Waals surface area contributed by atoms with Crippen LogP contribution in [-0.4, -0.2) is 35.4 Å². The first-order valence-electron chi connectivity index (χ1n) is 7.65. The van der Waals surface area contributed by atoms with Gasteiger partial charge in [0.15, 0.2) is 0 Å². The molecule has 0 bridgehead atoms. The highest BCUT2D eigenvalue weighted by atomic mass is 16.6. The molecule has 2 N–H and O–H groups in total. The van der Waals surface area contributed by atoms with Gasteiger partial charge in [0.1, 0.15) is 17.4 Å². The van der Waals surface area contributed by atoms with Crippen LogP contribution in [0.4, 0.5) is 4.79 Å². The van der Waals surface area contributed by atoms with Gasteiger partial charge in [0.05, 0.1) is 6.61 Å². The third kappa shape index (κ3) is 7.54. The Labute approximate surface area is 136 Å². The van der Waals surface area contributed by atoms with E-state index in [-0.39, 0.29) is 6.42 Å². The number of aliphatic carboxylic acids is 1. The summed E-state index contributed by atoms with van der Waals surface area (Å²) in [4.78, 5) is 23.0. The summed E-state index contributed by atoms with van der Waals surface area (Å²) >= 11 is 0. The quantitative estimate of drug-likeness (QED) is 0.806. The summed E-state index contributed by atoms with van der Waals surface area (Å²) in [7, 11) is 0. The molecule has 128 valence electrons. The van der Waals surface area contributed by atoms with Crippen molar-refractivity contribution in [1.29, 1.82) is 0 Å². The number of amides is 1. The zero-order valence-corrected chi connectivity index (χ0v) is 14.1. The Morgan fingerprint density at radius 2 is 1.83 bits per heavy atom. The average Bonchev–Trinajstić information content (AvgIpc) is 2.43. The lowest BCUT2D eigenvalue weighted by Crippen LogP contribution is -2.43. The molecule has 0 radical (unpaired) electrons. The highest BCUT2D eigenvalue weighted by Crippen LogP contribution is 2.14. The largest absolute Gasteiger partial charge is 0.494 e. The average molecular weight is 323 g/mol. The van der Waals surface area contributed by atoms with Gasteiger partial charge in [-0.15, -0.1) is 0 Å². The van der Waals surface area contributed by atoms with Gasteiger partial charge in [-0.3, -0.25) is 0 Å². The van der Waals surface area contributed by atoms with Crippen LogP contribution in [0, 0.1) is 0 Å². The molecule has 0 aromatic heterocycles. The SMILES string of the molecule is CCOc1ccc(CCC(NC(=O)OC(C)(C)C)C(=O)O)cc1. The standard InChI is InChI=1S/C17H25NO5/c1-5-22-13-9-6-12(7-10-13)8-11-14(15(19)20)18-16(21)23-17(2,3)4/h6-7,9-10,14H,5,8,11H2,1-4H3,(H,18,21)(H,19,20). The molecule has 6 nitrogen and oxygen atoms in total. The van der Waals surface area contributed by atoms with Crippen LogP contribution >= 0.6 is 0 Å². The molecule has 1 aromatic carbocycles. The maximum absolute atomic E-state index is 11.7. The van der Waals surface area contributed by atoms with E-state index in [4.69, 9.17) is 9.47 Å². The molecule has 1 amide bonds. The van der Waals surface area contributed by atoms with Gasteiger partial charge in [-0.25, -0.2) is 9.59 Å². The Bertz CT molecular complexity index is 519. The number of carbonyl (C=O) groups excluding carboxylic acids is 1. The molecule has 0 aliphatic heterocycles. The fourth-order valence-corrected chi connectivity index (χ4v) is 1.94. The van der Waals surface area contributed by atoms with Gasteiger partial charge in [-0.05, 0) is 58.2 Å². The summed E-state index contributed by atoms with van der Waals surface area (Å²) < 4.78 is 10.4. The Kier molecular flexibility index (Phi) is 6.88. The van der Waals surface area contributed by atoms with E-state index in [0.717, 1.165) is 11.3 Å². The van der Waals surface area contributed by atoms with Crippen LogP contribution < -0.4 is 10.1 Å². The molecule has 0 saturated carbocycles. The van der Waals surface area contributed by atoms with E-state index in [1.54, 1.807) is 20.8 Å². The van der Waals surface area contributed by atoms with Crippen LogP contribution in [0.15, 0.2) is 24.3 Å². The molecular weight excluding hydrogens is 298 g/mol. The van der Waals surface area contributed by atoms with Crippen molar-refractivity contribution in [3.8, 4) is 5.75 Å². The van der Waals surface area contributed by atoms with Crippen molar-refractivity contribution in [3.05, 3.63) is 29.8 Å². The number of carboxylic acid groups (broad SMARTS) is 1. The monoisotopic (exact) mass is 323 g/mol. The normalized spacial score (nSPS) is 12.3. The summed E-state index contributed by atoms with van der Waals surface area (Å²) in [6, 6.07) is 6.47. The highest BCUT2D eigenvalue weighted by molar-refractivity contribution is 5.80. The van der Waals surface area contributed by atoms with E-state index in [1.807, 2.05) is 31.2 Å². The van der Waals surface area contributed by atoms with E-state index < -0.39 is 23.7 Å². The van der Waals surface area contributed by atoms with E-state index >= 15 is 0 Å². The number of ether oxygens (including phenoxy) is 2. The Morgan fingerprint density at radius 3 is 2.30 bits per heavy atom. The first-order valence-corrected chi connectivity index (χ1v) is 7.65. The molecule has 0 heterocycles. The Morgan fingerprint density at radius 1 is 1.22 bits per heavy atom. The topological polar surface area (TPSA) is 84.9 Å². The minimum atomic E-state index is -1.08. The third-order valence-corrected chi connectivity index (χ3v) is 2.95. The fraction of sp³-hybridized carbons (Fsp3) is 0.529. The van der Waals surface area contributed by atoms with Crippen molar-refractivity contribution >= 4 is 12.1 Å². The van der Waals surface area contributed by atoms with Crippen LogP contribution in [0.3, 0.4) is 0 Å². The van der Waals surface area contributed by atoms with Crippen molar-refractivity contribution < 1.29 is 24.2 Å². The second-order valence-corrected chi connectivity index (χ2v) is 6.15. The number of carbonyl (C=O) groups is 2. The molecule has 1 unspecified atom stereocenters. The van der Waals surface area contributed by atoms with Crippen molar-refractivity contribution in [1.82, 2.24) is 5.32 Å². The van der Waals surface area contributed by atoms with Crippen LogP contribution in [0.5, 0.6) is 5.75 Å². The van der Waals surface area contributed by atoms with Crippen LogP contribution in [0.1, 0.15) is 39.7 Å². The summed E-state index contributed by atoms with van der Waals surface area (Å²) in [5.41, 5.74) is 0.313. The molecule has 6 heteroatoms. The summed E-state index contributed by atoms with van der Waals surface area (Å²) in [6.07, 6.45) is 0.0819. The molecule has 23 heavy (non-hydrogen) atoms. The number of nitrogens with one attached hydrogen (secondary N) is 1. The molecule has 0 aliphatic carbocycles. The first-order chi connectivity index (χ1) is 10.7. The van der Waals surface area contributed by atoms with Crippen molar-refractivity contribution in [2.24, 2.45) is 0 Å². The second-order valence-electron chi connectivity index (χ2n) is 6.15. The fourth-order valence-electron chi connectivity index (χ4n) is 1.94. The first kappa shape index (κ1) is 18.8. The highest BCUT2D eigenvalue weighted by Gasteiger charge is 2.23. The smallest absolute Gasteiger partial charge is 0.408 e. The molecule has 0 aliphatic rings. The predicted octanol–water partition coefficient (Wildman–Crippen LogP) is 3.00. The number of carboxylic acids is 1. The van der Waals surface area contributed by atoms with Gasteiger partial charge in [-0.1, -0.05) is 12.1 Å². The van der Waals surface area contributed by atoms with E-state index in [2.05, 4.69) is 5.32 Å². The molecule has 1 aromatic rings. The van der Waals surface area contributed by atoms with E-state index in [0.29, 0.717) is 13.0 Å². The van der Waals surface area contributed by atoms with Gasteiger partial charge in [0, 0.05) is 0 Å². The summed E-state index contributed by atoms with van der Waals surface area (Å²) in [6.45, 7) is 7.68. The van der Waals surface area contributed by atoms with E-state index in [1.165, 1.54) is 0 Å². The van der Waals surface area contributed by atoms with Crippen LogP contribution in [0.25, 0.3) is 0 Å². The minimum Gasteiger partial charge on any atom is -0.494 e. The molecule has 1 atom stereocenters. The maximum atomic E-state index is 11.7. The van der Waals surface area contributed by atoms with Crippen LogP contribution in [0.2, 0.25) is 0 Å². The second kappa shape index (κ2) is 8.41. The van der Waals surface area contributed by atoms with Crippen molar-refractivity contribution in [2.75, 3.05) is 6.61 Å². The lowest BCUT2D eigenvalue weighted by Gasteiger charge is -2.22. The van der Waals surface area contributed by atoms with Crippen molar-refractivity contribution in [3.63, 3.8) is 0 Å². The summed E-state index contributed by atoms with van der Waals surface area (Å²) in [5.74, 6) is -0.306. The van der Waals surface area contributed by atoms with Gasteiger partial charge in [0.25, 0.3) is 0 Å². The summed E-state index contributed by atoms with van der Waals surface area (Å²) in [5, 5.41) is 11.6. The number of aryl methyl sites for hydroxylation is 1. The number of hydrogen-bond acceptors (Lipinski definition) is 4. The number of hydrogen-bond donors (Lipinski definition) is 2.